The molecule has 5 rings (SSSR count). The van der Waals surface area contributed by atoms with Gasteiger partial charge in [0.25, 0.3) is 0 Å². The van der Waals surface area contributed by atoms with Crippen LogP contribution >= 0.6 is 11.3 Å². The predicted molar refractivity (Wildman–Crippen MR) is 119 cm³/mol. The Morgan fingerprint density at radius 1 is 0.931 bits per heavy atom. The molecular weight excluding hydrogens is 376 g/mol. The maximum absolute atomic E-state index is 4.52. The summed E-state index contributed by atoms with van der Waals surface area (Å²) in [7, 11) is 0. The molecule has 0 atom stereocenters. The van der Waals surface area contributed by atoms with Crippen molar-refractivity contribution in [2.24, 2.45) is 0 Å². The van der Waals surface area contributed by atoms with Crippen molar-refractivity contribution >= 4 is 22.3 Å². The average Bonchev–Trinajstić information content (AvgIpc) is 3.23. The van der Waals surface area contributed by atoms with Crippen molar-refractivity contribution in [3.8, 4) is 10.4 Å². The minimum Gasteiger partial charge on any atom is -0.316 e. The van der Waals surface area contributed by atoms with Gasteiger partial charge in [0.05, 0.1) is 4.88 Å². The van der Waals surface area contributed by atoms with Gasteiger partial charge in [-0.05, 0) is 40.8 Å². The van der Waals surface area contributed by atoms with Crippen LogP contribution in [0.2, 0.25) is 0 Å². The first-order valence-corrected chi connectivity index (χ1v) is 10.7. The first kappa shape index (κ1) is 18.0. The van der Waals surface area contributed by atoms with Crippen LogP contribution in [0.25, 0.3) is 10.4 Å². The van der Waals surface area contributed by atoms with E-state index >= 15 is 0 Å². The molecule has 2 aromatic heterocycles. The summed E-state index contributed by atoms with van der Waals surface area (Å²) in [6.07, 6.45) is 4.91. The van der Waals surface area contributed by atoms with Gasteiger partial charge in [0.2, 0.25) is 0 Å². The second kappa shape index (κ2) is 8.15. The monoisotopic (exact) mass is 398 g/mol. The molecule has 2 aromatic carbocycles. The molecule has 0 bridgehead atoms. The zero-order valence-corrected chi connectivity index (χ0v) is 16.9. The zero-order chi connectivity index (χ0) is 19.5. The highest BCUT2D eigenvalue weighted by atomic mass is 32.1. The Kier molecular flexibility index (Phi) is 5.07. The van der Waals surface area contributed by atoms with Gasteiger partial charge in [-0.25, -0.2) is 9.97 Å². The van der Waals surface area contributed by atoms with Crippen LogP contribution in [-0.4, -0.2) is 21.4 Å². The van der Waals surface area contributed by atoms with E-state index in [2.05, 4.69) is 68.7 Å². The number of aromatic nitrogens is 2. The molecule has 0 radical (unpaired) electrons. The predicted octanol–water partition coefficient (Wildman–Crippen LogP) is 5.51. The quantitative estimate of drug-likeness (QED) is 0.481. The van der Waals surface area contributed by atoms with Crippen LogP contribution in [0.5, 0.6) is 0 Å². The van der Waals surface area contributed by atoms with Crippen molar-refractivity contribution in [2.75, 3.05) is 11.9 Å². The third-order valence-corrected chi connectivity index (χ3v) is 6.20. The number of rotatable bonds is 5. The molecule has 0 saturated heterocycles. The molecule has 5 heteroatoms. The van der Waals surface area contributed by atoms with Gasteiger partial charge in [0, 0.05) is 32.0 Å². The third kappa shape index (κ3) is 4.21. The zero-order valence-electron chi connectivity index (χ0n) is 16.1. The first-order chi connectivity index (χ1) is 14.3. The van der Waals surface area contributed by atoms with Crippen LogP contribution < -0.4 is 5.32 Å². The average molecular weight is 399 g/mol. The summed E-state index contributed by atoms with van der Waals surface area (Å²) >= 11 is 1.64. The molecule has 1 aliphatic heterocycles. The van der Waals surface area contributed by atoms with Crippen molar-refractivity contribution in [2.45, 2.75) is 19.5 Å². The van der Waals surface area contributed by atoms with E-state index in [1.165, 1.54) is 22.3 Å². The summed E-state index contributed by atoms with van der Waals surface area (Å²) in [4.78, 5) is 12.6. The number of thiazole rings is 1. The fourth-order valence-electron chi connectivity index (χ4n) is 3.77. The van der Waals surface area contributed by atoms with E-state index in [4.69, 9.17) is 0 Å². The molecular formula is C24H22N4S. The maximum Gasteiger partial charge on any atom is 0.188 e. The van der Waals surface area contributed by atoms with E-state index in [1.54, 1.807) is 11.3 Å². The van der Waals surface area contributed by atoms with Gasteiger partial charge in [-0.3, -0.25) is 4.90 Å². The standard InChI is InChI=1S/C24H22N4S/c1-2-7-20(8-3-1)22-15-26-24(29-22)27-23-14-18(10-12-25-23)16-28-13-11-19-6-4-5-9-21(19)17-28/h1-10,12,14-15H,11,13,16-17H2,(H,25,26,27). The number of hydrogen-bond acceptors (Lipinski definition) is 5. The molecule has 0 unspecified atom stereocenters. The molecule has 3 heterocycles. The van der Waals surface area contributed by atoms with E-state index in [0.29, 0.717) is 0 Å². The summed E-state index contributed by atoms with van der Waals surface area (Å²) in [5.41, 5.74) is 5.38. The third-order valence-electron chi connectivity index (χ3n) is 5.24. The molecule has 0 saturated carbocycles. The van der Waals surface area contributed by atoms with Gasteiger partial charge in [0.1, 0.15) is 5.82 Å². The molecule has 4 aromatic rings. The van der Waals surface area contributed by atoms with Crippen LogP contribution in [0.15, 0.2) is 79.1 Å². The van der Waals surface area contributed by atoms with Crippen molar-refractivity contribution in [1.82, 2.24) is 14.9 Å². The largest absolute Gasteiger partial charge is 0.316 e. The molecule has 1 aliphatic rings. The summed E-state index contributed by atoms with van der Waals surface area (Å²) < 4.78 is 0. The highest BCUT2D eigenvalue weighted by Crippen LogP contribution is 2.30. The molecule has 0 amide bonds. The van der Waals surface area contributed by atoms with E-state index in [0.717, 1.165) is 41.9 Å². The number of hydrogen-bond donors (Lipinski definition) is 1. The lowest BCUT2D eigenvalue weighted by atomic mass is 9.99. The number of fused-ring (bicyclic) bond motifs is 1. The van der Waals surface area contributed by atoms with Gasteiger partial charge in [-0.2, -0.15) is 0 Å². The highest BCUT2D eigenvalue weighted by Gasteiger charge is 2.16. The lowest BCUT2D eigenvalue weighted by Gasteiger charge is -2.28. The second-order valence-electron chi connectivity index (χ2n) is 7.30. The topological polar surface area (TPSA) is 41.1 Å². The molecule has 0 spiro atoms. The summed E-state index contributed by atoms with van der Waals surface area (Å²) in [6, 6.07) is 23.3. The molecule has 0 aliphatic carbocycles. The van der Waals surface area contributed by atoms with E-state index in [9.17, 15) is 0 Å². The van der Waals surface area contributed by atoms with E-state index in [1.807, 2.05) is 30.6 Å². The van der Waals surface area contributed by atoms with Crippen LogP contribution in [0.1, 0.15) is 16.7 Å². The van der Waals surface area contributed by atoms with Gasteiger partial charge >= 0.3 is 0 Å². The number of nitrogens with zero attached hydrogens (tertiary/aromatic N) is 3. The Labute approximate surface area is 174 Å². The highest BCUT2D eigenvalue weighted by molar-refractivity contribution is 7.18. The molecule has 29 heavy (non-hydrogen) atoms. The van der Waals surface area contributed by atoms with Crippen molar-refractivity contribution in [3.05, 3.63) is 95.8 Å². The van der Waals surface area contributed by atoms with E-state index < -0.39 is 0 Å². The normalized spacial score (nSPS) is 13.8. The minimum absolute atomic E-state index is 0.842. The van der Waals surface area contributed by atoms with Crippen LogP contribution in [0.4, 0.5) is 10.9 Å². The Morgan fingerprint density at radius 2 is 1.76 bits per heavy atom. The fraction of sp³-hybridized carbons (Fsp3) is 0.167. The first-order valence-electron chi connectivity index (χ1n) is 9.86. The number of nitrogens with one attached hydrogen (secondary N) is 1. The summed E-state index contributed by atoms with van der Waals surface area (Å²) in [6.45, 7) is 3.03. The Hall–Kier alpha value is -3.02. The number of pyridine rings is 1. The van der Waals surface area contributed by atoms with Gasteiger partial charge in [-0.15, -0.1) is 0 Å². The lowest BCUT2D eigenvalue weighted by molar-refractivity contribution is 0.245. The molecule has 1 N–H and O–H groups in total. The van der Waals surface area contributed by atoms with Gasteiger partial charge in [0.15, 0.2) is 5.13 Å². The Bertz CT molecular complexity index is 1110. The Morgan fingerprint density at radius 3 is 2.66 bits per heavy atom. The number of anilines is 2. The van der Waals surface area contributed by atoms with Crippen LogP contribution in [0.3, 0.4) is 0 Å². The van der Waals surface area contributed by atoms with Crippen molar-refractivity contribution in [1.29, 1.82) is 0 Å². The van der Waals surface area contributed by atoms with Gasteiger partial charge in [-0.1, -0.05) is 65.9 Å². The minimum atomic E-state index is 0.842. The summed E-state index contributed by atoms with van der Waals surface area (Å²) in [5, 5.41) is 4.23. The van der Waals surface area contributed by atoms with Gasteiger partial charge < -0.3 is 5.32 Å². The smallest absolute Gasteiger partial charge is 0.188 e. The summed E-state index contributed by atoms with van der Waals surface area (Å²) in [5.74, 6) is 0.842. The second-order valence-corrected chi connectivity index (χ2v) is 8.33. The van der Waals surface area contributed by atoms with Crippen molar-refractivity contribution in [3.63, 3.8) is 0 Å². The molecule has 4 nitrogen and oxygen atoms in total. The van der Waals surface area contributed by atoms with Crippen LogP contribution in [0, 0.1) is 0 Å². The Balaban J connectivity index is 1.27. The maximum atomic E-state index is 4.52. The van der Waals surface area contributed by atoms with Crippen LogP contribution in [-0.2, 0) is 19.5 Å². The molecule has 0 fully saturated rings. The van der Waals surface area contributed by atoms with E-state index in [-0.39, 0.29) is 0 Å². The SMILES string of the molecule is c1ccc(-c2cnc(Nc3cc(CN4CCc5ccccc5C4)ccn3)s2)cc1. The number of benzene rings is 2. The molecule has 144 valence electrons. The lowest BCUT2D eigenvalue weighted by Crippen LogP contribution is -2.29. The fourth-order valence-corrected chi connectivity index (χ4v) is 4.59. The van der Waals surface area contributed by atoms with Crippen molar-refractivity contribution < 1.29 is 0 Å².